The van der Waals surface area contributed by atoms with Crippen molar-refractivity contribution in [1.29, 1.82) is 0 Å². The average Bonchev–Trinajstić information content (AvgIpc) is 2.97. The van der Waals surface area contributed by atoms with Crippen LogP contribution in [0, 0.1) is 6.92 Å². The van der Waals surface area contributed by atoms with Crippen LogP contribution in [0.4, 0.5) is 0 Å². The number of aromatic nitrogens is 2. The van der Waals surface area contributed by atoms with E-state index in [-0.39, 0.29) is 0 Å². The summed E-state index contributed by atoms with van der Waals surface area (Å²) in [5, 5.41) is 0. The molecule has 0 unspecified atom stereocenters. The Balaban J connectivity index is 2.00. The van der Waals surface area contributed by atoms with Gasteiger partial charge in [0, 0.05) is 18.0 Å². The lowest BCUT2D eigenvalue weighted by molar-refractivity contribution is 0.415. The number of nitrogens with zero attached hydrogens (tertiary/aromatic N) is 2. The second kappa shape index (κ2) is 5.17. The van der Waals surface area contributed by atoms with Crippen LogP contribution in [0.1, 0.15) is 5.56 Å². The summed E-state index contributed by atoms with van der Waals surface area (Å²) in [6.45, 7) is 2.01. The summed E-state index contributed by atoms with van der Waals surface area (Å²) in [6, 6.07) is 9.66. The van der Waals surface area contributed by atoms with Crippen LogP contribution < -0.4 is 4.74 Å². The Morgan fingerprint density at radius 1 is 1.20 bits per heavy atom. The first kappa shape index (κ1) is 12.4. The van der Waals surface area contributed by atoms with Gasteiger partial charge in [0.2, 0.25) is 5.89 Å². The normalized spacial score (nSPS) is 10.5. The van der Waals surface area contributed by atoms with Crippen molar-refractivity contribution >= 4 is 0 Å². The molecule has 4 heteroatoms. The van der Waals surface area contributed by atoms with Crippen LogP contribution in [-0.2, 0) is 0 Å². The first-order chi connectivity index (χ1) is 9.78. The number of ether oxygens (including phenoxy) is 1. The van der Waals surface area contributed by atoms with Gasteiger partial charge in [-0.05, 0) is 30.7 Å². The topological polar surface area (TPSA) is 48.2 Å². The van der Waals surface area contributed by atoms with E-state index in [0.29, 0.717) is 5.89 Å². The van der Waals surface area contributed by atoms with Crippen LogP contribution in [-0.4, -0.2) is 17.1 Å². The zero-order valence-electron chi connectivity index (χ0n) is 11.3. The van der Waals surface area contributed by atoms with Gasteiger partial charge in [0.1, 0.15) is 17.7 Å². The summed E-state index contributed by atoms with van der Waals surface area (Å²) < 4.78 is 10.8. The third-order valence-corrected chi connectivity index (χ3v) is 3.14. The lowest BCUT2D eigenvalue weighted by atomic mass is 10.1. The first-order valence-electron chi connectivity index (χ1n) is 6.29. The SMILES string of the molecule is COc1cccc(-c2coc(-c3cnccc3C)n2)c1. The van der Waals surface area contributed by atoms with Gasteiger partial charge in [-0.25, -0.2) is 4.98 Å². The van der Waals surface area contributed by atoms with Crippen LogP contribution >= 0.6 is 0 Å². The Morgan fingerprint density at radius 3 is 2.90 bits per heavy atom. The first-order valence-corrected chi connectivity index (χ1v) is 6.29. The van der Waals surface area contributed by atoms with E-state index in [0.717, 1.165) is 28.1 Å². The van der Waals surface area contributed by atoms with Crippen molar-refractivity contribution in [3.63, 3.8) is 0 Å². The lowest BCUT2D eigenvalue weighted by Crippen LogP contribution is -1.86. The predicted molar refractivity (Wildman–Crippen MR) is 76.5 cm³/mol. The molecule has 0 bridgehead atoms. The third kappa shape index (κ3) is 2.28. The lowest BCUT2D eigenvalue weighted by Gasteiger charge is -2.01. The molecule has 100 valence electrons. The van der Waals surface area contributed by atoms with Gasteiger partial charge in [0.05, 0.1) is 12.7 Å². The highest BCUT2D eigenvalue weighted by atomic mass is 16.5. The van der Waals surface area contributed by atoms with E-state index in [1.165, 1.54) is 0 Å². The molecule has 0 fully saturated rings. The molecule has 3 rings (SSSR count). The Morgan fingerprint density at radius 2 is 2.10 bits per heavy atom. The van der Waals surface area contributed by atoms with Crippen molar-refractivity contribution in [2.24, 2.45) is 0 Å². The quantitative estimate of drug-likeness (QED) is 0.725. The Kier molecular flexibility index (Phi) is 3.21. The number of methoxy groups -OCH3 is 1. The molecule has 0 aliphatic heterocycles. The van der Waals surface area contributed by atoms with Crippen LogP contribution in [0.5, 0.6) is 5.75 Å². The van der Waals surface area contributed by atoms with Gasteiger partial charge in [0.15, 0.2) is 0 Å². The van der Waals surface area contributed by atoms with Gasteiger partial charge < -0.3 is 9.15 Å². The van der Waals surface area contributed by atoms with Crippen molar-refractivity contribution in [3.8, 4) is 28.5 Å². The van der Waals surface area contributed by atoms with E-state index in [1.54, 1.807) is 25.8 Å². The number of benzene rings is 1. The van der Waals surface area contributed by atoms with Crippen LogP contribution in [0.3, 0.4) is 0 Å². The number of oxazole rings is 1. The molecule has 2 aromatic heterocycles. The summed E-state index contributed by atoms with van der Waals surface area (Å²) in [5.74, 6) is 1.37. The minimum absolute atomic E-state index is 0.577. The molecule has 2 heterocycles. The molecule has 0 atom stereocenters. The van der Waals surface area contributed by atoms with Crippen LogP contribution in [0.2, 0.25) is 0 Å². The Labute approximate surface area is 117 Å². The van der Waals surface area contributed by atoms with E-state index in [1.807, 2.05) is 37.3 Å². The van der Waals surface area contributed by atoms with Gasteiger partial charge in [0.25, 0.3) is 0 Å². The molecule has 0 N–H and O–H groups in total. The summed E-state index contributed by atoms with van der Waals surface area (Å²) in [4.78, 5) is 8.64. The molecule has 0 spiro atoms. The van der Waals surface area contributed by atoms with E-state index in [2.05, 4.69) is 9.97 Å². The minimum Gasteiger partial charge on any atom is -0.497 e. The van der Waals surface area contributed by atoms with E-state index in [9.17, 15) is 0 Å². The highest BCUT2D eigenvalue weighted by Crippen LogP contribution is 2.27. The van der Waals surface area contributed by atoms with Gasteiger partial charge >= 0.3 is 0 Å². The van der Waals surface area contributed by atoms with Crippen molar-refractivity contribution in [3.05, 3.63) is 54.6 Å². The fraction of sp³-hybridized carbons (Fsp3) is 0.125. The van der Waals surface area contributed by atoms with Gasteiger partial charge in [-0.15, -0.1) is 0 Å². The summed E-state index contributed by atoms with van der Waals surface area (Å²) >= 11 is 0. The standard InChI is InChI=1S/C16H14N2O2/c1-11-6-7-17-9-14(11)16-18-15(10-20-16)12-4-3-5-13(8-12)19-2/h3-10H,1-2H3. The average molecular weight is 266 g/mol. The molecule has 0 saturated heterocycles. The maximum absolute atomic E-state index is 5.57. The maximum Gasteiger partial charge on any atom is 0.228 e. The highest BCUT2D eigenvalue weighted by Gasteiger charge is 2.11. The molecule has 4 nitrogen and oxygen atoms in total. The van der Waals surface area contributed by atoms with Gasteiger partial charge in [-0.1, -0.05) is 12.1 Å². The minimum atomic E-state index is 0.577. The Hall–Kier alpha value is -2.62. The van der Waals surface area contributed by atoms with Crippen molar-refractivity contribution in [2.75, 3.05) is 7.11 Å². The fourth-order valence-electron chi connectivity index (χ4n) is 2.00. The summed E-state index contributed by atoms with van der Waals surface area (Å²) in [7, 11) is 1.65. The predicted octanol–water partition coefficient (Wildman–Crippen LogP) is 3.72. The second-order valence-electron chi connectivity index (χ2n) is 4.46. The second-order valence-corrected chi connectivity index (χ2v) is 4.46. The number of rotatable bonds is 3. The molecule has 1 aromatic carbocycles. The number of hydrogen-bond donors (Lipinski definition) is 0. The van der Waals surface area contributed by atoms with E-state index < -0.39 is 0 Å². The molecular weight excluding hydrogens is 252 g/mol. The van der Waals surface area contributed by atoms with Crippen LogP contribution in [0.15, 0.2) is 53.4 Å². The molecule has 0 amide bonds. The number of hydrogen-bond acceptors (Lipinski definition) is 4. The smallest absolute Gasteiger partial charge is 0.228 e. The molecular formula is C16H14N2O2. The Bertz CT molecular complexity index is 735. The third-order valence-electron chi connectivity index (χ3n) is 3.14. The summed E-state index contributed by atoms with van der Waals surface area (Å²) in [6.07, 6.45) is 5.16. The van der Waals surface area contributed by atoms with E-state index >= 15 is 0 Å². The molecule has 0 aliphatic rings. The van der Waals surface area contributed by atoms with Crippen molar-refractivity contribution in [1.82, 2.24) is 9.97 Å². The maximum atomic E-state index is 5.57. The molecule has 3 aromatic rings. The number of pyridine rings is 1. The molecule has 0 aliphatic carbocycles. The van der Waals surface area contributed by atoms with Crippen molar-refractivity contribution < 1.29 is 9.15 Å². The monoisotopic (exact) mass is 266 g/mol. The summed E-state index contributed by atoms with van der Waals surface area (Å²) in [5.41, 5.74) is 3.73. The molecule has 0 saturated carbocycles. The zero-order valence-corrected chi connectivity index (χ0v) is 11.3. The number of aryl methyl sites for hydroxylation is 1. The molecule has 0 radical (unpaired) electrons. The van der Waals surface area contributed by atoms with E-state index in [4.69, 9.17) is 9.15 Å². The largest absolute Gasteiger partial charge is 0.497 e. The zero-order chi connectivity index (χ0) is 13.9. The van der Waals surface area contributed by atoms with Gasteiger partial charge in [-0.2, -0.15) is 0 Å². The van der Waals surface area contributed by atoms with Crippen molar-refractivity contribution in [2.45, 2.75) is 6.92 Å². The van der Waals surface area contributed by atoms with Gasteiger partial charge in [-0.3, -0.25) is 4.98 Å². The fourth-order valence-corrected chi connectivity index (χ4v) is 2.00. The van der Waals surface area contributed by atoms with Crippen LogP contribution in [0.25, 0.3) is 22.7 Å². The molecule has 20 heavy (non-hydrogen) atoms. The highest BCUT2D eigenvalue weighted by molar-refractivity contribution is 5.65.